The zero-order chi connectivity index (χ0) is 21.6. The molecule has 0 radical (unpaired) electrons. The number of ether oxygens (including phenoxy) is 3. The van der Waals surface area contributed by atoms with Gasteiger partial charge in [-0.25, -0.2) is 4.98 Å². The summed E-state index contributed by atoms with van der Waals surface area (Å²) in [6.45, 7) is 4.78. The lowest BCUT2D eigenvalue weighted by atomic mass is 9.76. The summed E-state index contributed by atoms with van der Waals surface area (Å²) in [6.07, 6.45) is 3.84. The third kappa shape index (κ3) is 3.48. The van der Waals surface area contributed by atoms with Crippen LogP contribution in [0, 0.1) is 17.3 Å². The first-order chi connectivity index (χ1) is 15.0. The van der Waals surface area contributed by atoms with Crippen molar-refractivity contribution in [1.82, 2.24) is 9.88 Å². The van der Waals surface area contributed by atoms with Gasteiger partial charge in [-0.05, 0) is 47.8 Å². The van der Waals surface area contributed by atoms with Crippen LogP contribution in [0.25, 0.3) is 10.8 Å². The van der Waals surface area contributed by atoms with Crippen LogP contribution >= 0.6 is 0 Å². The Balaban J connectivity index is 1.52. The molecule has 8 nitrogen and oxygen atoms in total. The molecule has 0 spiro atoms. The fourth-order valence-electron chi connectivity index (χ4n) is 5.40. The van der Waals surface area contributed by atoms with E-state index < -0.39 is 5.91 Å². The number of hydrogen-bond donors (Lipinski definition) is 1. The van der Waals surface area contributed by atoms with Crippen LogP contribution in [0.4, 0.5) is 0 Å². The van der Waals surface area contributed by atoms with E-state index in [-0.39, 0.29) is 36.7 Å². The lowest BCUT2D eigenvalue weighted by molar-refractivity contribution is -0.136. The van der Waals surface area contributed by atoms with Gasteiger partial charge in [-0.2, -0.15) is 0 Å². The number of hydrogen-bond acceptors (Lipinski definition) is 6. The lowest BCUT2D eigenvalue weighted by Gasteiger charge is -2.31. The van der Waals surface area contributed by atoms with Crippen molar-refractivity contribution in [3.05, 3.63) is 30.0 Å². The molecule has 2 aromatic rings. The van der Waals surface area contributed by atoms with Crippen LogP contribution in [0.5, 0.6) is 11.6 Å². The number of carbonyl (C=O) groups is 2. The molecule has 2 amide bonds. The van der Waals surface area contributed by atoms with Crippen molar-refractivity contribution >= 4 is 22.6 Å². The SMILES string of the molecule is CC12CN3C[C@@H]1CCC2COc1nccc2cc(C(N)=O)c(cc12)OCCOCC3=O. The van der Waals surface area contributed by atoms with Crippen molar-refractivity contribution < 1.29 is 23.8 Å². The number of amides is 2. The molecule has 31 heavy (non-hydrogen) atoms. The summed E-state index contributed by atoms with van der Waals surface area (Å²) < 4.78 is 17.6. The van der Waals surface area contributed by atoms with E-state index in [2.05, 4.69) is 11.9 Å². The van der Waals surface area contributed by atoms with Gasteiger partial charge in [-0.1, -0.05) is 6.92 Å². The van der Waals surface area contributed by atoms with E-state index in [1.165, 1.54) is 0 Å². The highest BCUT2D eigenvalue weighted by Gasteiger charge is 2.53. The molecule has 1 aromatic heterocycles. The van der Waals surface area contributed by atoms with Crippen molar-refractivity contribution in [2.24, 2.45) is 23.0 Å². The fourth-order valence-corrected chi connectivity index (χ4v) is 5.40. The molecule has 164 valence electrons. The van der Waals surface area contributed by atoms with E-state index in [0.29, 0.717) is 30.1 Å². The first-order valence-electron chi connectivity index (χ1n) is 10.8. The standard InChI is InChI=1S/C23H27N3O5/c1-23-13-26-10-15(23)2-3-16(23)11-31-22-17-9-19(30-7-6-29-12-20(26)27)18(21(24)28)8-14(17)4-5-25-22/h4-5,8-9,15-16H,2-3,6-7,10-13H2,1H3,(H2,24,28)/t15-,16?,23?/m0/s1. The Kier molecular flexibility index (Phi) is 4.97. The van der Waals surface area contributed by atoms with Crippen molar-refractivity contribution in [2.75, 3.05) is 39.5 Å². The van der Waals surface area contributed by atoms with E-state index in [1.807, 2.05) is 11.0 Å². The Bertz CT molecular complexity index is 1040. The van der Waals surface area contributed by atoms with Gasteiger partial charge in [0.05, 0.1) is 18.8 Å². The van der Waals surface area contributed by atoms with Gasteiger partial charge in [-0.15, -0.1) is 0 Å². The number of pyridine rings is 1. The maximum atomic E-state index is 12.7. The largest absolute Gasteiger partial charge is 0.490 e. The summed E-state index contributed by atoms with van der Waals surface area (Å²) in [4.78, 5) is 31.0. The molecule has 1 aromatic carbocycles. The molecule has 1 aliphatic carbocycles. The predicted molar refractivity (Wildman–Crippen MR) is 113 cm³/mol. The highest BCUT2D eigenvalue weighted by Crippen LogP contribution is 2.52. The van der Waals surface area contributed by atoms with Crippen LogP contribution in [0.15, 0.2) is 24.4 Å². The molecule has 8 heteroatoms. The second-order valence-corrected chi connectivity index (χ2v) is 9.01. The van der Waals surface area contributed by atoms with Crippen LogP contribution in [0.2, 0.25) is 0 Å². The summed E-state index contributed by atoms with van der Waals surface area (Å²) in [5.74, 6) is 1.12. The van der Waals surface area contributed by atoms with E-state index in [1.54, 1.807) is 18.3 Å². The van der Waals surface area contributed by atoms with Crippen molar-refractivity contribution in [3.63, 3.8) is 0 Å². The van der Waals surface area contributed by atoms with Gasteiger partial charge < -0.3 is 24.8 Å². The molecule has 2 unspecified atom stereocenters. The number of carbonyl (C=O) groups excluding carboxylic acids is 2. The highest BCUT2D eigenvalue weighted by atomic mass is 16.5. The monoisotopic (exact) mass is 425 g/mol. The maximum absolute atomic E-state index is 12.7. The van der Waals surface area contributed by atoms with Crippen LogP contribution in [0.1, 0.15) is 30.1 Å². The van der Waals surface area contributed by atoms with Crippen LogP contribution < -0.4 is 15.2 Å². The average molecular weight is 425 g/mol. The molecule has 5 rings (SSSR count). The predicted octanol–water partition coefficient (Wildman–Crippen LogP) is 2.00. The minimum absolute atomic E-state index is 0.00800. The number of nitrogens with two attached hydrogens (primary N) is 1. The molecule has 3 aliphatic rings. The van der Waals surface area contributed by atoms with Gasteiger partial charge in [0.1, 0.15) is 19.0 Å². The number of primary amides is 1. The van der Waals surface area contributed by atoms with Gasteiger partial charge >= 0.3 is 0 Å². The Labute approximate surface area is 180 Å². The third-order valence-corrected chi connectivity index (χ3v) is 7.28. The minimum Gasteiger partial charge on any atom is -0.490 e. The molecule has 3 heterocycles. The number of fused-ring (bicyclic) bond motifs is 2. The first-order valence-corrected chi connectivity index (χ1v) is 10.8. The van der Waals surface area contributed by atoms with Gasteiger partial charge in [0.2, 0.25) is 11.8 Å². The zero-order valence-electron chi connectivity index (χ0n) is 17.6. The van der Waals surface area contributed by atoms with Crippen molar-refractivity contribution in [1.29, 1.82) is 0 Å². The molecule has 2 N–H and O–H groups in total. The molecular formula is C23H27N3O5. The molecule has 1 saturated carbocycles. The summed E-state index contributed by atoms with van der Waals surface area (Å²) >= 11 is 0. The molecular weight excluding hydrogens is 398 g/mol. The second kappa shape index (κ2) is 7.67. The average Bonchev–Trinajstić information content (AvgIpc) is 3.24. The van der Waals surface area contributed by atoms with E-state index in [0.717, 1.165) is 36.7 Å². The van der Waals surface area contributed by atoms with Gasteiger partial charge in [0.25, 0.3) is 5.91 Å². The fraction of sp³-hybridized carbons (Fsp3) is 0.522. The molecule has 2 aliphatic heterocycles. The van der Waals surface area contributed by atoms with E-state index >= 15 is 0 Å². The highest BCUT2D eigenvalue weighted by molar-refractivity contribution is 6.01. The Morgan fingerprint density at radius 3 is 2.90 bits per heavy atom. The van der Waals surface area contributed by atoms with Gasteiger partial charge in [0, 0.05) is 30.6 Å². The second-order valence-electron chi connectivity index (χ2n) is 9.01. The molecule has 4 bridgehead atoms. The topological polar surface area (TPSA) is 104 Å². The zero-order valence-corrected chi connectivity index (χ0v) is 17.6. The number of benzene rings is 1. The summed E-state index contributed by atoms with van der Waals surface area (Å²) in [5, 5.41) is 1.59. The van der Waals surface area contributed by atoms with Crippen molar-refractivity contribution in [2.45, 2.75) is 19.8 Å². The quantitative estimate of drug-likeness (QED) is 0.749. The number of nitrogens with zero attached hydrogens (tertiary/aromatic N) is 2. The van der Waals surface area contributed by atoms with E-state index in [4.69, 9.17) is 19.9 Å². The van der Waals surface area contributed by atoms with Crippen LogP contribution in [0.3, 0.4) is 0 Å². The van der Waals surface area contributed by atoms with Gasteiger partial charge in [0.15, 0.2) is 0 Å². The Morgan fingerprint density at radius 2 is 2.06 bits per heavy atom. The summed E-state index contributed by atoms with van der Waals surface area (Å²) in [6, 6.07) is 5.29. The summed E-state index contributed by atoms with van der Waals surface area (Å²) in [5.41, 5.74) is 5.89. The van der Waals surface area contributed by atoms with Crippen LogP contribution in [-0.2, 0) is 9.53 Å². The lowest BCUT2D eigenvalue weighted by Crippen LogP contribution is -2.37. The van der Waals surface area contributed by atoms with Gasteiger partial charge in [-0.3, -0.25) is 9.59 Å². The molecule has 3 atom stereocenters. The van der Waals surface area contributed by atoms with E-state index in [9.17, 15) is 9.59 Å². The number of rotatable bonds is 1. The Morgan fingerprint density at radius 1 is 1.23 bits per heavy atom. The maximum Gasteiger partial charge on any atom is 0.252 e. The Hall–Kier alpha value is -2.87. The normalized spacial score (nSPS) is 28.5. The molecule has 1 saturated heterocycles. The first kappa shape index (κ1) is 20.1. The third-order valence-electron chi connectivity index (χ3n) is 7.28. The van der Waals surface area contributed by atoms with Crippen molar-refractivity contribution in [3.8, 4) is 11.6 Å². The smallest absolute Gasteiger partial charge is 0.252 e. The van der Waals surface area contributed by atoms with Crippen LogP contribution in [-0.4, -0.2) is 61.2 Å². The molecule has 2 fully saturated rings. The minimum atomic E-state index is -0.573. The number of aromatic nitrogens is 1. The summed E-state index contributed by atoms with van der Waals surface area (Å²) in [7, 11) is 0.